The number of rotatable bonds is 5. The molecule has 5 nitrogen and oxygen atoms in total. The molecule has 1 aromatic heterocycles. The molecule has 0 amide bonds. The molecule has 2 aromatic carbocycles. The van der Waals surface area contributed by atoms with Crippen molar-refractivity contribution < 1.29 is 21.8 Å². The molecule has 9 heteroatoms. The quantitative estimate of drug-likeness (QED) is 0.468. The summed E-state index contributed by atoms with van der Waals surface area (Å²) >= 11 is 4.18. The van der Waals surface area contributed by atoms with Crippen LogP contribution in [0.25, 0.3) is 11.5 Å². The van der Waals surface area contributed by atoms with Crippen molar-refractivity contribution in [2.45, 2.75) is 52.4 Å². The molecule has 1 atom stereocenters. The van der Waals surface area contributed by atoms with Crippen LogP contribution in [-0.2, 0) is 21.0 Å². The van der Waals surface area contributed by atoms with Gasteiger partial charge in [0.1, 0.15) is 11.1 Å². The Balaban J connectivity index is 1.83. The van der Waals surface area contributed by atoms with Crippen LogP contribution in [0.1, 0.15) is 32.1 Å². The van der Waals surface area contributed by atoms with E-state index < -0.39 is 31.9 Å². The van der Waals surface area contributed by atoms with E-state index in [1.807, 2.05) is 0 Å². The van der Waals surface area contributed by atoms with Crippen LogP contribution in [0.15, 0.2) is 68.0 Å². The molecule has 1 fully saturated rings. The third-order valence-electron chi connectivity index (χ3n) is 5.05. The molecule has 1 unspecified atom stereocenters. The normalized spacial score (nSPS) is 16.5. The number of halogens is 2. The molecule has 0 N–H and O–H groups in total. The first-order chi connectivity index (χ1) is 14.4. The van der Waals surface area contributed by atoms with E-state index in [1.165, 1.54) is 42.5 Å². The van der Waals surface area contributed by atoms with Gasteiger partial charge in [-0.25, -0.2) is 12.8 Å². The zero-order valence-electron chi connectivity index (χ0n) is 15.9. The third-order valence-corrected chi connectivity index (χ3v) is 8.83. The molecule has 30 heavy (non-hydrogen) atoms. The highest BCUT2D eigenvalue weighted by molar-refractivity contribution is 7.94. The van der Waals surface area contributed by atoms with Gasteiger partial charge in [-0.1, -0.05) is 24.1 Å². The number of benzene rings is 2. The van der Waals surface area contributed by atoms with Crippen molar-refractivity contribution in [3.05, 3.63) is 59.4 Å². The molecular weight excluding hydrogens is 449 g/mol. The zero-order chi connectivity index (χ0) is 21.3. The van der Waals surface area contributed by atoms with Crippen LogP contribution >= 0.6 is 11.6 Å². The highest BCUT2D eigenvalue weighted by atomic mass is 35.5. The van der Waals surface area contributed by atoms with Crippen LogP contribution in [0.5, 0.6) is 0 Å². The summed E-state index contributed by atoms with van der Waals surface area (Å²) in [6.45, 7) is 0. The Morgan fingerprint density at radius 3 is 2.47 bits per heavy atom. The van der Waals surface area contributed by atoms with Gasteiger partial charge in [0.25, 0.3) is 5.03 Å². The van der Waals surface area contributed by atoms with Crippen LogP contribution in [-0.4, -0.2) is 23.2 Å². The standard InChI is InChI=1S/C21H19ClFNO4S2/c22-15-9-11-18(12-10-15)30(26,27)20-21(29(25)17-7-2-1-3-8-17)28-19(24-20)14-5-4-6-16(23)13-14/h4-6,9-13,17H,1-3,7-8H2. The molecule has 0 bridgehead atoms. The molecule has 0 saturated heterocycles. The van der Waals surface area contributed by atoms with Gasteiger partial charge in [0.2, 0.25) is 15.7 Å². The van der Waals surface area contributed by atoms with Gasteiger partial charge in [-0.2, -0.15) is 4.98 Å². The number of aromatic nitrogens is 1. The maximum atomic E-state index is 13.7. The van der Waals surface area contributed by atoms with E-state index in [-0.39, 0.29) is 26.7 Å². The largest absolute Gasteiger partial charge is 0.609 e. The number of hydrogen-bond acceptors (Lipinski definition) is 5. The Kier molecular flexibility index (Phi) is 6.20. The molecule has 0 spiro atoms. The smallest absolute Gasteiger partial charge is 0.351 e. The minimum absolute atomic E-state index is 0.0344. The van der Waals surface area contributed by atoms with Crippen molar-refractivity contribution in [2.75, 3.05) is 0 Å². The highest BCUT2D eigenvalue weighted by Gasteiger charge is 2.39. The number of sulfone groups is 1. The van der Waals surface area contributed by atoms with E-state index in [2.05, 4.69) is 4.98 Å². The van der Waals surface area contributed by atoms with Gasteiger partial charge in [-0.3, -0.25) is 0 Å². The first kappa shape index (κ1) is 21.4. The SMILES string of the molecule is O=S(=O)(c1ccc(Cl)cc1)c1nc(-c2cccc(F)c2)oc1[S+]([O-])C1CCCCC1. The second-order valence-corrected chi connectivity index (χ2v) is 11.1. The lowest BCUT2D eigenvalue weighted by atomic mass is 10.0. The van der Waals surface area contributed by atoms with Crippen molar-refractivity contribution in [2.24, 2.45) is 0 Å². The number of hydrogen-bond donors (Lipinski definition) is 0. The van der Waals surface area contributed by atoms with Gasteiger partial charge in [0.15, 0.2) is 0 Å². The zero-order valence-corrected chi connectivity index (χ0v) is 18.3. The van der Waals surface area contributed by atoms with Gasteiger partial charge >= 0.3 is 5.09 Å². The van der Waals surface area contributed by atoms with Crippen LogP contribution in [0.2, 0.25) is 5.02 Å². The predicted molar refractivity (Wildman–Crippen MR) is 112 cm³/mol. The lowest BCUT2D eigenvalue weighted by Crippen LogP contribution is -2.25. The molecule has 4 rings (SSSR count). The van der Waals surface area contributed by atoms with Crippen molar-refractivity contribution in [1.29, 1.82) is 0 Å². The van der Waals surface area contributed by atoms with E-state index >= 15 is 0 Å². The maximum absolute atomic E-state index is 13.7. The van der Waals surface area contributed by atoms with Gasteiger partial charge in [-0.05, 0) is 68.1 Å². The van der Waals surface area contributed by atoms with Crippen LogP contribution < -0.4 is 0 Å². The first-order valence-electron chi connectivity index (χ1n) is 9.54. The summed E-state index contributed by atoms with van der Waals surface area (Å²) < 4.78 is 59.3. The number of nitrogens with zero attached hydrogens (tertiary/aromatic N) is 1. The van der Waals surface area contributed by atoms with Gasteiger partial charge < -0.3 is 8.97 Å². The fourth-order valence-electron chi connectivity index (χ4n) is 3.49. The van der Waals surface area contributed by atoms with E-state index in [9.17, 15) is 17.4 Å². The summed E-state index contributed by atoms with van der Waals surface area (Å²) in [5.41, 5.74) is 0.273. The maximum Gasteiger partial charge on any atom is 0.351 e. The Morgan fingerprint density at radius 1 is 1.10 bits per heavy atom. The summed E-state index contributed by atoms with van der Waals surface area (Å²) in [7, 11) is -4.12. The summed E-state index contributed by atoms with van der Waals surface area (Å²) in [6, 6.07) is 11.1. The fourth-order valence-corrected chi connectivity index (χ4v) is 6.82. The van der Waals surface area contributed by atoms with Crippen molar-refractivity contribution in [3.63, 3.8) is 0 Å². The molecule has 1 aliphatic rings. The first-order valence-corrected chi connectivity index (χ1v) is 12.6. The fraction of sp³-hybridized carbons (Fsp3) is 0.286. The average Bonchev–Trinajstić information content (AvgIpc) is 3.21. The molecule has 0 aliphatic heterocycles. The second-order valence-electron chi connectivity index (χ2n) is 7.14. The molecule has 3 aromatic rings. The Morgan fingerprint density at radius 2 is 1.80 bits per heavy atom. The predicted octanol–water partition coefficient (Wildman–Crippen LogP) is 5.41. The van der Waals surface area contributed by atoms with Gasteiger partial charge in [0.05, 0.1) is 4.90 Å². The lowest BCUT2D eigenvalue weighted by molar-refractivity contribution is 0.425. The van der Waals surface area contributed by atoms with E-state index in [0.29, 0.717) is 5.02 Å². The Hall–Kier alpha value is -1.87. The summed E-state index contributed by atoms with van der Waals surface area (Å²) in [5, 5.41) is -0.393. The van der Waals surface area contributed by atoms with Crippen LogP contribution in [0.3, 0.4) is 0 Å². The Bertz CT molecular complexity index is 1140. The molecule has 1 heterocycles. The monoisotopic (exact) mass is 467 g/mol. The van der Waals surface area contributed by atoms with Crippen molar-refractivity contribution in [1.82, 2.24) is 4.98 Å². The summed E-state index contributed by atoms with van der Waals surface area (Å²) in [6.07, 6.45) is 4.38. The minimum Gasteiger partial charge on any atom is -0.609 e. The molecule has 0 radical (unpaired) electrons. The average molecular weight is 468 g/mol. The minimum atomic E-state index is -4.12. The van der Waals surface area contributed by atoms with Crippen LogP contribution in [0, 0.1) is 5.82 Å². The molecule has 1 aliphatic carbocycles. The highest BCUT2D eigenvalue weighted by Crippen LogP contribution is 2.36. The Labute approximate surface area is 182 Å². The molecule has 1 saturated carbocycles. The van der Waals surface area contributed by atoms with Crippen molar-refractivity contribution in [3.8, 4) is 11.5 Å². The topological polar surface area (TPSA) is 83.2 Å². The molecular formula is C21H19ClFNO4S2. The van der Waals surface area contributed by atoms with Gasteiger partial charge in [0, 0.05) is 21.8 Å². The lowest BCUT2D eigenvalue weighted by Gasteiger charge is -2.23. The summed E-state index contributed by atoms with van der Waals surface area (Å²) in [4.78, 5) is 4.13. The van der Waals surface area contributed by atoms with E-state index in [4.69, 9.17) is 16.0 Å². The number of oxazole rings is 1. The van der Waals surface area contributed by atoms with E-state index in [1.54, 1.807) is 6.07 Å². The second kappa shape index (κ2) is 8.70. The third kappa shape index (κ3) is 4.27. The molecule has 158 valence electrons. The van der Waals surface area contributed by atoms with Crippen molar-refractivity contribution >= 4 is 32.6 Å². The van der Waals surface area contributed by atoms with Crippen LogP contribution in [0.4, 0.5) is 4.39 Å². The van der Waals surface area contributed by atoms with Gasteiger partial charge in [-0.15, -0.1) is 0 Å². The van der Waals surface area contributed by atoms with E-state index in [0.717, 1.165) is 32.1 Å². The summed E-state index contributed by atoms with van der Waals surface area (Å²) in [5.74, 6) is -0.594.